The molecular weight excluding hydrogens is 284 g/mol. The Bertz CT molecular complexity index is 498. The SMILES string of the molecule is CC(C)(C)[Si](C)(C)O[C@@H](CN)c1ccc(O)c(NC=O)c1. The summed E-state index contributed by atoms with van der Waals surface area (Å²) in [5.74, 6) is 0.0222. The summed E-state index contributed by atoms with van der Waals surface area (Å²) in [6.45, 7) is 11.2. The van der Waals surface area contributed by atoms with E-state index in [0.717, 1.165) is 5.56 Å². The predicted octanol–water partition coefficient (Wildman–Crippen LogP) is 2.98. The highest BCUT2D eigenvalue weighted by Gasteiger charge is 2.39. The summed E-state index contributed by atoms with van der Waals surface area (Å²) >= 11 is 0. The molecule has 6 heteroatoms. The molecule has 0 unspecified atom stereocenters. The van der Waals surface area contributed by atoms with E-state index in [0.29, 0.717) is 18.6 Å². The van der Waals surface area contributed by atoms with Gasteiger partial charge < -0.3 is 20.6 Å². The van der Waals surface area contributed by atoms with Crippen molar-refractivity contribution in [3.05, 3.63) is 23.8 Å². The lowest BCUT2D eigenvalue weighted by Gasteiger charge is -2.39. The van der Waals surface area contributed by atoms with Crippen LogP contribution in [-0.4, -0.2) is 26.4 Å². The minimum absolute atomic E-state index is 0.0222. The number of carbonyl (C=O) groups excluding carboxylic acids is 1. The van der Waals surface area contributed by atoms with Crippen LogP contribution < -0.4 is 11.1 Å². The van der Waals surface area contributed by atoms with Crippen LogP contribution >= 0.6 is 0 Å². The number of hydrogen-bond donors (Lipinski definition) is 3. The molecule has 0 fully saturated rings. The molecule has 0 aliphatic rings. The Balaban J connectivity index is 3.06. The van der Waals surface area contributed by atoms with Gasteiger partial charge in [-0.15, -0.1) is 0 Å². The van der Waals surface area contributed by atoms with Gasteiger partial charge in [-0.3, -0.25) is 4.79 Å². The van der Waals surface area contributed by atoms with Crippen molar-refractivity contribution in [1.29, 1.82) is 0 Å². The highest BCUT2D eigenvalue weighted by molar-refractivity contribution is 6.74. The largest absolute Gasteiger partial charge is 0.506 e. The average Bonchev–Trinajstić information content (AvgIpc) is 2.37. The lowest BCUT2D eigenvalue weighted by molar-refractivity contribution is -0.105. The zero-order valence-electron chi connectivity index (χ0n) is 13.4. The number of carbonyl (C=O) groups is 1. The number of nitrogens with one attached hydrogen (secondary N) is 1. The maximum absolute atomic E-state index is 10.6. The molecule has 1 aromatic carbocycles. The van der Waals surface area contributed by atoms with Crippen LogP contribution in [0, 0.1) is 0 Å². The third-order valence-electron chi connectivity index (χ3n) is 4.06. The zero-order chi connectivity index (χ0) is 16.3. The van der Waals surface area contributed by atoms with Gasteiger partial charge >= 0.3 is 0 Å². The summed E-state index contributed by atoms with van der Waals surface area (Å²) in [6, 6.07) is 5.02. The zero-order valence-corrected chi connectivity index (χ0v) is 14.4. The number of rotatable bonds is 6. The molecule has 0 heterocycles. The van der Waals surface area contributed by atoms with E-state index >= 15 is 0 Å². The van der Waals surface area contributed by atoms with Gasteiger partial charge in [0.25, 0.3) is 0 Å². The fraction of sp³-hybridized carbons (Fsp3) is 0.533. The Hall–Kier alpha value is -1.37. The number of hydrogen-bond acceptors (Lipinski definition) is 4. The van der Waals surface area contributed by atoms with E-state index in [9.17, 15) is 9.90 Å². The van der Waals surface area contributed by atoms with E-state index in [-0.39, 0.29) is 16.9 Å². The molecule has 0 spiro atoms. The van der Waals surface area contributed by atoms with E-state index in [1.54, 1.807) is 18.2 Å². The molecular formula is C15H26N2O3Si. The van der Waals surface area contributed by atoms with Crippen molar-refractivity contribution in [1.82, 2.24) is 0 Å². The molecule has 0 radical (unpaired) electrons. The molecule has 1 atom stereocenters. The Labute approximate surface area is 127 Å². The van der Waals surface area contributed by atoms with Gasteiger partial charge in [-0.05, 0) is 35.8 Å². The molecule has 0 aliphatic heterocycles. The van der Waals surface area contributed by atoms with Crippen LogP contribution in [-0.2, 0) is 9.22 Å². The maximum atomic E-state index is 10.6. The number of anilines is 1. The lowest BCUT2D eigenvalue weighted by Crippen LogP contribution is -2.43. The van der Waals surface area contributed by atoms with Crippen molar-refractivity contribution in [3.63, 3.8) is 0 Å². The van der Waals surface area contributed by atoms with Crippen molar-refractivity contribution in [2.45, 2.75) is 45.0 Å². The number of nitrogens with two attached hydrogens (primary N) is 1. The third-order valence-corrected chi connectivity index (χ3v) is 8.55. The van der Waals surface area contributed by atoms with Gasteiger partial charge in [0, 0.05) is 6.54 Å². The molecule has 0 aromatic heterocycles. The fourth-order valence-corrected chi connectivity index (χ4v) is 3.01. The van der Waals surface area contributed by atoms with E-state index in [2.05, 4.69) is 39.2 Å². The topological polar surface area (TPSA) is 84.6 Å². The van der Waals surface area contributed by atoms with Gasteiger partial charge in [0.1, 0.15) is 5.75 Å². The van der Waals surface area contributed by atoms with E-state index in [1.807, 2.05) is 0 Å². The normalized spacial score (nSPS) is 13.8. The highest BCUT2D eigenvalue weighted by atomic mass is 28.4. The van der Waals surface area contributed by atoms with Crippen LogP contribution in [0.5, 0.6) is 5.75 Å². The van der Waals surface area contributed by atoms with Gasteiger partial charge in [0.05, 0.1) is 11.8 Å². The van der Waals surface area contributed by atoms with Gasteiger partial charge in [-0.2, -0.15) is 0 Å². The lowest BCUT2D eigenvalue weighted by atomic mass is 10.1. The van der Waals surface area contributed by atoms with Crippen molar-refractivity contribution < 1.29 is 14.3 Å². The summed E-state index contributed by atoms with van der Waals surface area (Å²) in [5, 5.41) is 12.3. The number of amides is 1. The Morgan fingerprint density at radius 2 is 2.05 bits per heavy atom. The maximum Gasteiger partial charge on any atom is 0.211 e. The second-order valence-corrected chi connectivity index (χ2v) is 11.4. The van der Waals surface area contributed by atoms with E-state index < -0.39 is 8.32 Å². The fourth-order valence-electron chi connectivity index (χ4n) is 1.72. The molecule has 5 nitrogen and oxygen atoms in total. The molecule has 118 valence electrons. The summed E-state index contributed by atoms with van der Waals surface area (Å²) < 4.78 is 6.33. The van der Waals surface area contributed by atoms with Crippen molar-refractivity contribution in [2.24, 2.45) is 5.73 Å². The molecule has 4 N–H and O–H groups in total. The van der Waals surface area contributed by atoms with Crippen LogP contribution in [0.4, 0.5) is 5.69 Å². The number of benzene rings is 1. The molecule has 1 amide bonds. The van der Waals surface area contributed by atoms with Gasteiger partial charge in [-0.1, -0.05) is 26.8 Å². The Morgan fingerprint density at radius 1 is 1.43 bits per heavy atom. The number of aromatic hydroxyl groups is 1. The molecule has 1 rings (SSSR count). The van der Waals surface area contributed by atoms with E-state index in [4.69, 9.17) is 10.2 Å². The Morgan fingerprint density at radius 3 is 2.52 bits per heavy atom. The highest BCUT2D eigenvalue weighted by Crippen LogP contribution is 2.40. The minimum Gasteiger partial charge on any atom is -0.506 e. The van der Waals surface area contributed by atoms with Crippen LogP contribution in [0.2, 0.25) is 18.1 Å². The van der Waals surface area contributed by atoms with Crippen LogP contribution in [0.25, 0.3) is 0 Å². The number of phenols is 1. The molecule has 0 saturated carbocycles. The standard InChI is InChI=1S/C15H26N2O3Si/c1-15(2,3)21(4,5)20-14(9-16)11-6-7-13(19)12(8-11)17-10-18/h6-8,10,14,19H,9,16H2,1-5H3,(H,17,18)/t14-/m0/s1. The van der Waals surface area contributed by atoms with Crippen molar-refractivity contribution in [2.75, 3.05) is 11.9 Å². The second kappa shape index (κ2) is 6.59. The first kappa shape index (κ1) is 17.7. The van der Waals surface area contributed by atoms with Crippen molar-refractivity contribution in [3.8, 4) is 5.75 Å². The minimum atomic E-state index is -1.95. The second-order valence-electron chi connectivity index (χ2n) is 6.64. The number of phenolic OH excluding ortho intramolecular Hbond substituents is 1. The van der Waals surface area contributed by atoms with Crippen LogP contribution in [0.3, 0.4) is 0 Å². The molecule has 21 heavy (non-hydrogen) atoms. The third kappa shape index (κ3) is 4.29. The molecule has 0 aliphatic carbocycles. The summed E-state index contributed by atoms with van der Waals surface area (Å²) in [4.78, 5) is 10.6. The first-order valence-electron chi connectivity index (χ1n) is 7.03. The Kier molecular flexibility index (Phi) is 5.55. The average molecular weight is 310 g/mol. The first-order valence-corrected chi connectivity index (χ1v) is 9.94. The quantitative estimate of drug-likeness (QED) is 0.428. The summed E-state index contributed by atoms with van der Waals surface area (Å²) in [7, 11) is -1.95. The van der Waals surface area contributed by atoms with Gasteiger partial charge in [0.15, 0.2) is 8.32 Å². The van der Waals surface area contributed by atoms with E-state index in [1.165, 1.54) is 0 Å². The first-order chi connectivity index (χ1) is 9.62. The molecule has 0 saturated heterocycles. The smallest absolute Gasteiger partial charge is 0.211 e. The molecule has 0 bridgehead atoms. The molecule has 1 aromatic rings. The monoisotopic (exact) mass is 310 g/mol. The van der Waals surface area contributed by atoms with Gasteiger partial charge in [-0.25, -0.2) is 0 Å². The van der Waals surface area contributed by atoms with Crippen LogP contribution in [0.15, 0.2) is 18.2 Å². The van der Waals surface area contributed by atoms with Crippen molar-refractivity contribution >= 4 is 20.4 Å². The van der Waals surface area contributed by atoms with Gasteiger partial charge in [0.2, 0.25) is 6.41 Å². The van der Waals surface area contributed by atoms with Crippen LogP contribution in [0.1, 0.15) is 32.4 Å². The summed E-state index contributed by atoms with van der Waals surface area (Å²) in [6.07, 6.45) is 0.282. The summed E-state index contributed by atoms with van der Waals surface area (Å²) in [5.41, 5.74) is 7.07. The predicted molar refractivity (Wildman–Crippen MR) is 87.9 cm³/mol.